The van der Waals surface area contributed by atoms with Crippen LogP contribution in [0.4, 0.5) is 5.69 Å². The lowest BCUT2D eigenvalue weighted by Crippen LogP contribution is -2.54. The molecule has 0 saturated carbocycles. The van der Waals surface area contributed by atoms with E-state index in [4.69, 9.17) is 4.74 Å². The van der Waals surface area contributed by atoms with Gasteiger partial charge >= 0.3 is 5.97 Å². The van der Waals surface area contributed by atoms with Gasteiger partial charge in [0.2, 0.25) is 5.91 Å². The van der Waals surface area contributed by atoms with Crippen LogP contribution in [0.5, 0.6) is 5.75 Å². The fourth-order valence-corrected chi connectivity index (χ4v) is 3.87. The third-order valence-electron chi connectivity index (χ3n) is 5.34. The molecular weight excluding hydrogens is 346 g/mol. The van der Waals surface area contributed by atoms with Crippen LogP contribution in [0.2, 0.25) is 0 Å². The van der Waals surface area contributed by atoms with E-state index in [1.807, 2.05) is 18.2 Å². The maximum atomic E-state index is 12.8. The molecule has 0 aromatic heterocycles. The van der Waals surface area contributed by atoms with Gasteiger partial charge in [-0.3, -0.25) is 9.69 Å². The largest absolute Gasteiger partial charge is 0.506 e. The molecule has 1 amide bonds. The second kappa shape index (κ2) is 9.08. The van der Waals surface area contributed by atoms with E-state index in [-0.39, 0.29) is 17.6 Å². The molecule has 0 bridgehead atoms. The molecule has 27 heavy (non-hydrogen) atoms. The molecule has 2 fully saturated rings. The first-order chi connectivity index (χ1) is 13.1. The molecule has 1 N–H and O–H groups in total. The zero-order valence-electron chi connectivity index (χ0n) is 16.0. The number of hydrogen-bond acceptors (Lipinski definition) is 6. The van der Waals surface area contributed by atoms with Gasteiger partial charge in [-0.05, 0) is 38.3 Å². The molecule has 1 aromatic carbocycles. The summed E-state index contributed by atoms with van der Waals surface area (Å²) in [5, 5.41) is 10.0. The molecule has 1 aromatic rings. The van der Waals surface area contributed by atoms with Gasteiger partial charge in [0.15, 0.2) is 0 Å². The third kappa shape index (κ3) is 4.71. The van der Waals surface area contributed by atoms with Gasteiger partial charge in [-0.2, -0.15) is 0 Å². The minimum atomic E-state index is -0.436. The number of esters is 1. The van der Waals surface area contributed by atoms with Crippen molar-refractivity contribution in [1.29, 1.82) is 0 Å². The number of para-hydroxylation sites is 2. The van der Waals surface area contributed by atoms with Gasteiger partial charge in [-0.1, -0.05) is 12.1 Å². The van der Waals surface area contributed by atoms with E-state index in [1.165, 1.54) is 0 Å². The lowest BCUT2D eigenvalue weighted by molar-refractivity contribution is -0.157. The monoisotopic (exact) mass is 375 g/mol. The van der Waals surface area contributed by atoms with Crippen molar-refractivity contribution in [1.82, 2.24) is 9.80 Å². The maximum absolute atomic E-state index is 12.8. The lowest BCUT2D eigenvalue weighted by atomic mass is 10.0. The van der Waals surface area contributed by atoms with Crippen molar-refractivity contribution in [3.63, 3.8) is 0 Å². The zero-order chi connectivity index (χ0) is 19.2. The molecule has 1 atom stereocenters. The van der Waals surface area contributed by atoms with Crippen molar-refractivity contribution in [3.8, 4) is 5.75 Å². The Bertz CT molecular complexity index is 658. The van der Waals surface area contributed by atoms with Crippen molar-refractivity contribution in [2.24, 2.45) is 0 Å². The summed E-state index contributed by atoms with van der Waals surface area (Å²) in [5.41, 5.74) is 0.835. The number of likely N-dealkylation sites (tertiary alicyclic amines) is 1. The number of piperidine rings is 1. The van der Waals surface area contributed by atoms with E-state index >= 15 is 0 Å². The van der Waals surface area contributed by atoms with Crippen LogP contribution in [0.1, 0.15) is 26.2 Å². The Labute approximate surface area is 160 Å². The van der Waals surface area contributed by atoms with E-state index in [1.54, 1.807) is 17.9 Å². The predicted molar refractivity (Wildman–Crippen MR) is 103 cm³/mol. The van der Waals surface area contributed by atoms with Crippen LogP contribution in [-0.2, 0) is 14.3 Å². The molecule has 0 unspecified atom stereocenters. The molecule has 0 spiro atoms. The number of aromatic hydroxyl groups is 1. The molecule has 2 aliphatic heterocycles. The Morgan fingerprint density at radius 2 is 1.85 bits per heavy atom. The summed E-state index contributed by atoms with van der Waals surface area (Å²) in [6, 6.07) is 6.89. The molecular formula is C20H29N3O4. The van der Waals surface area contributed by atoms with Crippen LogP contribution in [0.3, 0.4) is 0 Å². The fraction of sp³-hybridized carbons (Fsp3) is 0.600. The minimum Gasteiger partial charge on any atom is -0.506 e. The van der Waals surface area contributed by atoms with Crippen LogP contribution in [0.15, 0.2) is 24.3 Å². The van der Waals surface area contributed by atoms with Gasteiger partial charge in [-0.25, -0.2) is 4.79 Å². The van der Waals surface area contributed by atoms with Crippen molar-refractivity contribution < 1.29 is 19.4 Å². The number of amides is 1. The average Bonchev–Trinajstić information content (AvgIpc) is 2.69. The number of phenolic OH excluding ortho intramolecular Hbond substituents is 1. The van der Waals surface area contributed by atoms with Crippen LogP contribution in [0.25, 0.3) is 0 Å². The summed E-state index contributed by atoms with van der Waals surface area (Å²) in [6.07, 6.45) is 2.57. The average molecular weight is 375 g/mol. The number of anilines is 1. The normalized spacial score (nSPS) is 21.1. The number of carbonyl (C=O) groups excluding carboxylic acids is 2. The minimum absolute atomic E-state index is 0.00348. The second-order valence-electron chi connectivity index (χ2n) is 7.10. The molecule has 0 radical (unpaired) electrons. The highest BCUT2D eigenvalue weighted by Crippen LogP contribution is 2.27. The van der Waals surface area contributed by atoms with Crippen molar-refractivity contribution >= 4 is 17.6 Å². The van der Waals surface area contributed by atoms with Crippen LogP contribution < -0.4 is 4.90 Å². The number of ether oxygens (including phenoxy) is 1. The highest BCUT2D eigenvalue weighted by molar-refractivity contribution is 5.85. The van der Waals surface area contributed by atoms with Gasteiger partial charge in [0.05, 0.1) is 18.8 Å². The molecule has 2 saturated heterocycles. The highest BCUT2D eigenvalue weighted by atomic mass is 16.5. The molecule has 2 aliphatic rings. The van der Waals surface area contributed by atoms with Gasteiger partial charge in [0.1, 0.15) is 11.8 Å². The quantitative estimate of drug-likeness (QED) is 0.786. The number of rotatable bonds is 5. The Balaban J connectivity index is 1.54. The maximum Gasteiger partial charge on any atom is 0.328 e. The van der Waals surface area contributed by atoms with Gasteiger partial charge in [0, 0.05) is 32.7 Å². The predicted octanol–water partition coefficient (Wildman–Crippen LogP) is 1.46. The Hall–Kier alpha value is -2.28. The highest BCUT2D eigenvalue weighted by Gasteiger charge is 2.34. The zero-order valence-corrected chi connectivity index (χ0v) is 16.0. The number of phenols is 1. The van der Waals surface area contributed by atoms with E-state index < -0.39 is 6.04 Å². The van der Waals surface area contributed by atoms with E-state index in [9.17, 15) is 14.7 Å². The second-order valence-corrected chi connectivity index (χ2v) is 7.10. The summed E-state index contributed by atoms with van der Waals surface area (Å²) >= 11 is 0. The van der Waals surface area contributed by atoms with Crippen LogP contribution in [0, 0.1) is 0 Å². The van der Waals surface area contributed by atoms with E-state index in [0.29, 0.717) is 26.1 Å². The Kier molecular flexibility index (Phi) is 6.55. The molecule has 3 rings (SSSR count). The summed E-state index contributed by atoms with van der Waals surface area (Å²) in [4.78, 5) is 31.0. The van der Waals surface area contributed by atoms with Gasteiger partial charge < -0.3 is 19.6 Å². The van der Waals surface area contributed by atoms with Crippen LogP contribution in [-0.4, -0.2) is 78.7 Å². The lowest BCUT2D eigenvalue weighted by Gasteiger charge is -2.38. The third-order valence-corrected chi connectivity index (χ3v) is 5.34. The Morgan fingerprint density at radius 3 is 2.56 bits per heavy atom. The van der Waals surface area contributed by atoms with Crippen molar-refractivity contribution in [3.05, 3.63) is 24.3 Å². The molecule has 7 nitrogen and oxygen atoms in total. The first-order valence-corrected chi connectivity index (χ1v) is 9.81. The standard InChI is InChI=1S/C20H29N3O4/c1-2-27-20(26)17-8-5-6-10-23(17)19(25)15-21-11-13-22(14-12-21)16-7-3-4-9-18(16)24/h3-4,7,9,17,24H,2,5-6,8,10-15H2,1H3/t17-/m0/s1. The smallest absolute Gasteiger partial charge is 0.328 e. The number of carbonyl (C=O) groups is 2. The summed E-state index contributed by atoms with van der Waals surface area (Å²) in [5.74, 6) is 0.00584. The molecule has 7 heteroatoms. The van der Waals surface area contributed by atoms with E-state index in [0.717, 1.165) is 44.7 Å². The summed E-state index contributed by atoms with van der Waals surface area (Å²) < 4.78 is 5.15. The number of benzene rings is 1. The van der Waals surface area contributed by atoms with E-state index in [2.05, 4.69) is 9.80 Å². The van der Waals surface area contributed by atoms with Crippen LogP contribution >= 0.6 is 0 Å². The first kappa shape index (κ1) is 19.5. The van der Waals surface area contributed by atoms with Crippen molar-refractivity contribution in [2.75, 3.05) is 50.8 Å². The van der Waals surface area contributed by atoms with Gasteiger partial charge in [0.25, 0.3) is 0 Å². The summed E-state index contributed by atoms with van der Waals surface area (Å²) in [6.45, 7) is 6.08. The number of piperazine rings is 1. The number of nitrogens with zero attached hydrogens (tertiary/aromatic N) is 3. The van der Waals surface area contributed by atoms with Crippen molar-refractivity contribution in [2.45, 2.75) is 32.2 Å². The fourth-order valence-electron chi connectivity index (χ4n) is 3.87. The Morgan fingerprint density at radius 1 is 1.11 bits per heavy atom. The first-order valence-electron chi connectivity index (χ1n) is 9.81. The molecule has 2 heterocycles. The number of hydrogen-bond donors (Lipinski definition) is 1. The topological polar surface area (TPSA) is 73.3 Å². The molecule has 0 aliphatic carbocycles. The molecule has 148 valence electrons. The summed E-state index contributed by atoms with van der Waals surface area (Å²) in [7, 11) is 0. The van der Waals surface area contributed by atoms with Gasteiger partial charge in [-0.15, -0.1) is 0 Å². The SMILES string of the molecule is CCOC(=O)[C@@H]1CCCCN1C(=O)CN1CCN(c2ccccc2O)CC1.